The number of furan rings is 1. The lowest BCUT2D eigenvalue weighted by Crippen LogP contribution is -2.36. The number of methoxy groups -OCH3 is 1. The zero-order valence-electron chi connectivity index (χ0n) is 13.5. The van der Waals surface area contributed by atoms with Crippen molar-refractivity contribution in [3.05, 3.63) is 52.4 Å². The first-order chi connectivity index (χ1) is 11.0. The summed E-state index contributed by atoms with van der Waals surface area (Å²) >= 11 is 1.58. The molecule has 0 saturated heterocycles. The van der Waals surface area contributed by atoms with Crippen molar-refractivity contribution in [1.29, 1.82) is 0 Å². The highest BCUT2D eigenvalue weighted by Gasteiger charge is 2.25. The molecule has 1 aromatic carbocycles. The van der Waals surface area contributed by atoms with Crippen molar-refractivity contribution >= 4 is 22.3 Å². The maximum Gasteiger partial charge on any atom is 0.176 e. The van der Waals surface area contributed by atoms with Crippen LogP contribution in [0.2, 0.25) is 0 Å². The highest BCUT2D eigenvalue weighted by Crippen LogP contribution is 2.31. The monoisotopic (exact) mass is 331 g/mol. The Morgan fingerprint density at radius 1 is 1.39 bits per heavy atom. The Morgan fingerprint density at radius 3 is 2.91 bits per heavy atom. The van der Waals surface area contributed by atoms with Crippen LogP contribution in [0.25, 0.3) is 11.0 Å². The molecule has 0 aliphatic heterocycles. The van der Waals surface area contributed by atoms with Gasteiger partial charge in [-0.1, -0.05) is 12.1 Å². The van der Waals surface area contributed by atoms with Crippen molar-refractivity contribution in [1.82, 2.24) is 5.32 Å². The third-order valence-corrected chi connectivity index (χ3v) is 4.75. The molecule has 23 heavy (non-hydrogen) atoms. The third-order valence-electron chi connectivity index (χ3n) is 4.07. The summed E-state index contributed by atoms with van der Waals surface area (Å²) < 4.78 is 11.3. The Hall–Kier alpha value is -1.82. The molecule has 0 spiro atoms. The van der Waals surface area contributed by atoms with Gasteiger partial charge in [0.2, 0.25) is 0 Å². The van der Waals surface area contributed by atoms with E-state index < -0.39 is 5.60 Å². The number of benzene rings is 1. The van der Waals surface area contributed by atoms with Crippen LogP contribution < -0.4 is 10.1 Å². The number of nitrogens with one attached hydrogen (secondary N) is 1. The fourth-order valence-electron chi connectivity index (χ4n) is 2.56. The van der Waals surface area contributed by atoms with Crippen LogP contribution in [-0.4, -0.2) is 18.8 Å². The molecule has 0 radical (unpaired) electrons. The third kappa shape index (κ3) is 3.27. The number of rotatable bonds is 6. The number of thiophene rings is 1. The van der Waals surface area contributed by atoms with Gasteiger partial charge in [-0.15, -0.1) is 0 Å². The maximum atomic E-state index is 10.6. The molecular formula is C18H21NO3S. The van der Waals surface area contributed by atoms with Gasteiger partial charge in [-0.05, 0) is 48.4 Å². The van der Waals surface area contributed by atoms with Crippen LogP contribution in [0.1, 0.15) is 31.2 Å². The van der Waals surface area contributed by atoms with Crippen molar-refractivity contribution in [3.8, 4) is 5.75 Å². The maximum absolute atomic E-state index is 10.6. The summed E-state index contributed by atoms with van der Waals surface area (Å²) in [6.07, 6.45) is 0. The molecule has 0 aliphatic carbocycles. The average Bonchev–Trinajstić information content (AvgIpc) is 3.21. The fourth-order valence-corrected chi connectivity index (χ4v) is 3.34. The summed E-state index contributed by atoms with van der Waals surface area (Å²) in [4.78, 5) is 0. The smallest absolute Gasteiger partial charge is 0.176 e. The molecule has 0 aliphatic rings. The molecule has 3 aromatic rings. The first-order valence-corrected chi connectivity index (χ1v) is 8.50. The standard InChI is InChI=1S/C18H21NO3S/c1-12(19-11-18(2,20)14-7-8-23-10-14)16-9-13-5-4-6-15(21-3)17(13)22-16/h4-10,12,19-20H,11H2,1-3H3. The van der Waals surface area contributed by atoms with Crippen molar-refractivity contribution in [2.24, 2.45) is 0 Å². The number of fused-ring (bicyclic) bond motifs is 1. The first kappa shape index (κ1) is 16.1. The Labute approximate surface area is 139 Å². The Balaban J connectivity index is 1.75. The van der Waals surface area contributed by atoms with Gasteiger partial charge in [0.15, 0.2) is 11.3 Å². The first-order valence-electron chi connectivity index (χ1n) is 7.56. The molecule has 0 fully saturated rings. The summed E-state index contributed by atoms with van der Waals surface area (Å²) in [6.45, 7) is 4.28. The summed E-state index contributed by atoms with van der Waals surface area (Å²) in [5.41, 5.74) is 0.773. The second kappa shape index (κ2) is 6.35. The van der Waals surface area contributed by atoms with Crippen molar-refractivity contribution in [3.63, 3.8) is 0 Å². The summed E-state index contributed by atoms with van der Waals surface area (Å²) in [5, 5.41) is 18.9. The lowest BCUT2D eigenvalue weighted by atomic mass is 9.99. The van der Waals surface area contributed by atoms with Gasteiger partial charge in [-0.2, -0.15) is 11.3 Å². The van der Waals surface area contributed by atoms with E-state index in [0.29, 0.717) is 6.54 Å². The van der Waals surface area contributed by atoms with E-state index in [4.69, 9.17) is 9.15 Å². The molecule has 0 amide bonds. The second-order valence-electron chi connectivity index (χ2n) is 5.92. The van der Waals surface area contributed by atoms with Crippen LogP contribution >= 0.6 is 11.3 Å². The van der Waals surface area contributed by atoms with Gasteiger partial charge < -0.3 is 19.6 Å². The Bertz CT molecular complexity index is 777. The van der Waals surface area contributed by atoms with Crippen LogP contribution in [0.3, 0.4) is 0 Å². The minimum absolute atomic E-state index is 0.0165. The number of hydrogen-bond donors (Lipinski definition) is 2. The van der Waals surface area contributed by atoms with E-state index in [2.05, 4.69) is 5.32 Å². The zero-order valence-corrected chi connectivity index (χ0v) is 14.3. The van der Waals surface area contributed by atoms with Gasteiger partial charge in [0.1, 0.15) is 11.4 Å². The Kier molecular flexibility index (Phi) is 4.43. The molecule has 2 N–H and O–H groups in total. The lowest BCUT2D eigenvalue weighted by Gasteiger charge is -2.24. The summed E-state index contributed by atoms with van der Waals surface area (Å²) in [6, 6.07) is 9.77. The van der Waals surface area contributed by atoms with E-state index in [1.54, 1.807) is 18.4 Å². The predicted molar refractivity (Wildman–Crippen MR) is 93.1 cm³/mol. The molecule has 0 bridgehead atoms. The van der Waals surface area contributed by atoms with Crippen LogP contribution in [0, 0.1) is 0 Å². The lowest BCUT2D eigenvalue weighted by molar-refractivity contribution is 0.0541. The highest BCUT2D eigenvalue weighted by molar-refractivity contribution is 7.08. The van der Waals surface area contributed by atoms with Gasteiger partial charge in [0, 0.05) is 11.9 Å². The number of hydrogen-bond acceptors (Lipinski definition) is 5. The molecule has 2 unspecified atom stereocenters. The molecule has 0 saturated carbocycles. The van der Waals surface area contributed by atoms with Crippen LogP contribution in [-0.2, 0) is 5.60 Å². The number of aliphatic hydroxyl groups is 1. The van der Waals surface area contributed by atoms with E-state index in [-0.39, 0.29) is 6.04 Å². The highest BCUT2D eigenvalue weighted by atomic mass is 32.1. The normalized spacial score (nSPS) is 15.5. The molecule has 2 heterocycles. The van der Waals surface area contributed by atoms with Gasteiger partial charge in [-0.25, -0.2) is 0 Å². The van der Waals surface area contributed by atoms with E-state index >= 15 is 0 Å². The molecular weight excluding hydrogens is 310 g/mol. The minimum Gasteiger partial charge on any atom is -0.493 e. The Morgan fingerprint density at radius 2 is 2.22 bits per heavy atom. The van der Waals surface area contributed by atoms with Crippen molar-refractivity contribution in [2.45, 2.75) is 25.5 Å². The van der Waals surface area contributed by atoms with E-state index in [0.717, 1.165) is 28.0 Å². The summed E-state index contributed by atoms with van der Waals surface area (Å²) in [7, 11) is 1.64. The van der Waals surface area contributed by atoms with E-state index in [9.17, 15) is 5.11 Å². The molecule has 5 heteroatoms. The molecule has 122 valence electrons. The number of ether oxygens (including phenoxy) is 1. The SMILES string of the molecule is COc1cccc2cc(C(C)NCC(C)(O)c3ccsc3)oc12. The second-order valence-corrected chi connectivity index (χ2v) is 6.70. The van der Waals surface area contributed by atoms with Crippen LogP contribution in [0.5, 0.6) is 5.75 Å². The number of para-hydroxylation sites is 1. The molecule has 4 nitrogen and oxygen atoms in total. The molecule has 2 aromatic heterocycles. The van der Waals surface area contributed by atoms with Gasteiger partial charge in [0.25, 0.3) is 0 Å². The molecule has 3 rings (SSSR count). The minimum atomic E-state index is -0.905. The van der Waals surface area contributed by atoms with Gasteiger partial charge >= 0.3 is 0 Å². The zero-order chi connectivity index (χ0) is 16.4. The average molecular weight is 331 g/mol. The van der Waals surface area contributed by atoms with Gasteiger partial charge in [-0.3, -0.25) is 0 Å². The predicted octanol–water partition coefficient (Wildman–Crippen LogP) is 4.06. The van der Waals surface area contributed by atoms with Crippen molar-refractivity contribution in [2.75, 3.05) is 13.7 Å². The van der Waals surface area contributed by atoms with E-state index in [1.165, 1.54) is 0 Å². The topological polar surface area (TPSA) is 54.6 Å². The van der Waals surface area contributed by atoms with E-state index in [1.807, 2.05) is 54.9 Å². The van der Waals surface area contributed by atoms with Crippen LogP contribution in [0.15, 0.2) is 45.5 Å². The van der Waals surface area contributed by atoms with Gasteiger partial charge in [0.05, 0.1) is 13.2 Å². The van der Waals surface area contributed by atoms with Crippen molar-refractivity contribution < 1.29 is 14.3 Å². The van der Waals surface area contributed by atoms with Crippen LogP contribution in [0.4, 0.5) is 0 Å². The quantitative estimate of drug-likeness (QED) is 0.715. The summed E-state index contributed by atoms with van der Waals surface area (Å²) in [5.74, 6) is 1.55. The largest absolute Gasteiger partial charge is 0.493 e. The fraction of sp³-hybridized carbons (Fsp3) is 0.333. The molecule has 2 atom stereocenters.